The van der Waals surface area contributed by atoms with Gasteiger partial charge in [0.25, 0.3) is 0 Å². The van der Waals surface area contributed by atoms with Crippen molar-refractivity contribution < 1.29 is 4.42 Å². The largest absolute Gasteiger partial charge is 0.456 e. The summed E-state index contributed by atoms with van der Waals surface area (Å²) in [4.78, 5) is 19.7. The zero-order chi connectivity index (χ0) is 34.4. The molecular weight excluding hydrogens is 657 g/mol. The van der Waals surface area contributed by atoms with E-state index in [2.05, 4.69) is 97.1 Å². The number of hydrogen-bond acceptors (Lipinski definition) is 6. The maximum atomic E-state index is 6.36. The van der Waals surface area contributed by atoms with E-state index in [-0.39, 0.29) is 0 Å². The highest BCUT2D eigenvalue weighted by atomic mass is 32.1. The number of fused-ring (bicyclic) bond motifs is 5. The minimum absolute atomic E-state index is 0.633. The fraction of sp³-hybridized carbons (Fsp3) is 0. The topological polar surface area (TPSA) is 64.7 Å². The van der Waals surface area contributed by atoms with Gasteiger partial charge in [0.1, 0.15) is 16.2 Å². The van der Waals surface area contributed by atoms with Gasteiger partial charge in [-0.1, -0.05) is 146 Å². The lowest BCUT2D eigenvalue weighted by Gasteiger charge is -2.09. The van der Waals surface area contributed by atoms with Crippen LogP contribution in [0.2, 0.25) is 0 Å². The van der Waals surface area contributed by atoms with Gasteiger partial charge in [-0.25, -0.2) is 19.9 Å². The summed E-state index contributed by atoms with van der Waals surface area (Å²) in [6.07, 6.45) is 0. The molecule has 0 N–H and O–H groups in total. The van der Waals surface area contributed by atoms with Crippen LogP contribution in [-0.2, 0) is 0 Å². The standard InChI is InChI=1S/C46H28N4OS/c1-4-10-29(11-5-1)30-18-22-35(23-19-30)46-47-38-25-27-40-41(42(38)52-46)37-28-36(24-26-39(37)51-40)31-16-20-34(21-17-31)45-49-43(32-12-6-2-7-13-32)48-44(50-45)33-14-8-3-9-15-33/h1-28H. The van der Waals surface area contributed by atoms with Crippen molar-refractivity contribution in [3.63, 3.8) is 0 Å². The quantitative estimate of drug-likeness (QED) is 0.174. The first kappa shape index (κ1) is 30.1. The van der Waals surface area contributed by atoms with Crippen molar-refractivity contribution in [2.75, 3.05) is 0 Å². The summed E-state index contributed by atoms with van der Waals surface area (Å²) >= 11 is 1.71. The predicted molar refractivity (Wildman–Crippen MR) is 213 cm³/mol. The second kappa shape index (κ2) is 12.5. The molecule has 0 spiro atoms. The molecule has 10 rings (SSSR count). The van der Waals surface area contributed by atoms with Crippen LogP contribution in [0.5, 0.6) is 0 Å². The zero-order valence-corrected chi connectivity index (χ0v) is 28.6. The third kappa shape index (κ3) is 5.43. The molecule has 0 radical (unpaired) electrons. The van der Waals surface area contributed by atoms with E-state index >= 15 is 0 Å². The number of thiazole rings is 1. The molecule has 5 nitrogen and oxygen atoms in total. The molecule has 10 aromatic rings. The van der Waals surface area contributed by atoms with Crippen LogP contribution < -0.4 is 0 Å². The molecule has 0 bridgehead atoms. The van der Waals surface area contributed by atoms with Gasteiger partial charge < -0.3 is 4.42 Å². The van der Waals surface area contributed by atoms with E-state index in [9.17, 15) is 0 Å². The molecule has 0 unspecified atom stereocenters. The van der Waals surface area contributed by atoms with E-state index in [4.69, 9.17) is 24.4 Å². The van der Waals surface area contributed by atoms with Crippen molar-refractivity contribution in [1.29, 1.82) is 0 Å². The monoisotopic (exact) mass is 684 g/mol. The molecule has 0 aliphatic rings. The second-order valence-corrected chi connectivity index (χ2v) is 13.7. The second-order valence-electron chi connectivity index (χ2n) is 12.7. The number of aromatic nitrogens is 4. The maximum Gasteiger partial charge on any atom is 0.164 e. The van der Waals surface area contributed by atoms with Gasteiger partial charge in [0.15, 0.2) is 17.5 Å². The average Bonchev–Trinajstić information content (AvgIpc) is 3.83. The van der Waals surface area contributed by atoms with Crippen molar-refractivity contribution in [2.24, 2.45) is 0 Å². The molecule has 0 aliphatic heterocycles. The Hall–Kier alpha value is -6.76. The van der Waals surface area contributed by atoms with Gasteiger partial charge >= 0.3 is 0 Å². The SMILES string of the molecule is c1ccc(-c2ccc(-c3nc4ccc5oc6ccc(-c7ccc(-c8nc(-c9ccccc9)nc(-c9ccccc9)n8)cc7)cc6c5c4s3)cc2)cc1. The number of furan rings is 1. The number of hydrogen-bond donors (Lipinski definition) is 0. The molecule has 0 saturated carbocycles. The summed E-state index contributed by atoms with van der Waals surface area (Å²) in [5.74, 6) is 1.92. The number of rotatable bonds is 6. The smallest absolute Gasteiger partial charge is 0.164 e. The van der Waals surface area contributed by atoms with Crippen LogP contribution >= 0.6 is 11.3 Å². The highest BCUT2D eigenvalue weighted by Crippen LogP contribution is 2.41. The van der Waals surface area contributed by atoms with Crippen LogP contribution in [0.1, 0.15) is 0 Å². The summed E-state index contributed by atoms with van der Waals surface area (Å²) in [6.45, 7) is 0. The summed E-state index contributed by atoms with van der Waals surface area (Å²) in [6, 6.07) is 58.1. The Bertz CT molecular complexity index is 2810. The number of nitrogens with zero attached hydrogens (tertiary/aromatic N) is 4. The van der Waals surface area contributed by atoms with E-state index in [0.29, 0.717) is 17.5 Å². The average molecular weight is 685 g/mol. The van der Waals surface area contributed by atoms with E-state index in [1.165, 1.54) is 11.1 Å². The van der Waals surface area contributed by atoms with Gasteiger partial charge in [0, 0.05) is 33.0 Å². The molecule has 0 aliphatic carbocycles. The molecule has 52 heavy (non-hydrogen) atoms. The van der Waals surface area contributed by atoms with Crippen LogP contribution in [0.25, 0.3) is 99.1 Å². The molecule has 0 saturated heterocycles. The Morgan fingerprint density at radius 3 is 1.40 bits per heavy atom. The van der Waals surface area contributed by atoms with Crippen LogP contribution in [-0.4, -0.2) is 19.9 Å². The Labute approximate surface area is 303 Å². The lowest BCUT2D eigenvalue weighted by atomic mass is 10.0. The van der Waals surface area contributed by atoms with E-state index in [1.807, 2.05) is 72.8 Å². The molecule has 3 heterocycles. The van der Waals surface area contributed by atoms with Gasteiger partial charge in [0.05, 0.1) is 10.2 Å². The molecule has 6 heteroatoms. The highest BCUT2D eigenvalue weighted by Gasteiger charge is 2.17. The van der Waals surface area contributed by atoms with Crippen molar-refractivity contribution in [1.82, 2.24) is 19.9 Å². The molecular formula is C46H28N4OS. The van der Waals surface area contributed by atoms with Crippen molar-refractivity contribution in [3.8, 4) is 67.0 Å². The summed E-state index contributed by atoms with van der Waals surface area (Å²) in [7, 11) is 0. The molecule has 0 amide bonds. The zero-order valence-electron chi connectivity index (χ0n) is 27.8. The Kier molecular flexibility index (Phi) is 7.25. The minimum Gasteiger partial charge on any atom is -0.456 e. The van der Waals surface area contributed by atoms with E-state index in [1.54, 1.807) is 11.3 Å². The molecule has 0 atom stereocenters. The molecule has 0 fully saturated rings. The maximum absolute atomic E-state index is 6.36. The highest BCUT2D eigenvalue weighted by molar-refractivity contribution is 7.22. The predicted octanol–water partition coefficient (Wildman–Crippen LogP) is 12.4. The van der Waals surface area contributed by atoms with Crippen molar-refractivity contribution in [3.05, 3.63) is 170 Å². The van der Waals surface area contributed by atoms with E-state index in [0.717, 1.165) is 70.5 Å². The van der Waals surface area contributed by atoms with Gasteiger partial charge in [-0.05, 0) is 46.5 Å². The van der Waals surface area contributed by atoms with Gasteiger partial charge in [-0.2, -0.15) is 0 Å². The van der Waals surface area contributed by atoms with Crippen molar-refractivity contribution >= 4 is 43.5 Å². The Morgan fingerprint density at radius 1 is 0.365 bits per heavy atom. The van der Waals surface area contributed by atoms with Crippen LogP contribution in [0.4, 0.5) is 0 Å². The number of benzene rings is 7. The fourth-order valence-electron chi connectivity index (χ4n) is 6.74. The summed E-state index contributed by atoms with van der Waals surface area (Å²) in [5, 5.41) is 3.17. The lowest BCUT2D eigenvalue weighted by Crippen LogP contribution is -2.00. The Morgan fingerprint density at radius 2 is 0.808 bits per heavy atom. The van der Waals surface area contributed by atoms with Crippen LogP contribution in [0.15, 0.2) is 174 Å². The van der Waals surface area contributed by atoms with Crippen molar-refractivity contribution in [2.45, 2.75) is 0 Å². The fourth-order valence-corrected chi connectivity index (χ4v) is 7.86. The molecule has 7 aromatic carbocycles. The summed E-state index contributed by atoms with van der Waals surface area (Å²) in [5.41, 5.74) is 11.2. The van der Waals surface area contributed by atoms with Gasteiger partial charge in [0.2, 0.25) is 0 Å². The van der Waals surface area contributed by atoms with Gasteiger partial charge in [-0.3, -0.25) is 0 Å². The Balaban J connectivity index is 1.01. The molecule has 244 valence electrons. The summed E-state index contributed by atoms with van der Waals surface area (Å²) < 4.78 is 7.49. The third-order valence-corrected chi connectivity index (χ3v) is 10.5. The first-order valence-corrected chi connectivity index (χ1v) is 17.9. The normalized spacial score (nSPS) is 11.5. The van der Waals surface area contributed by atoms with Gasteiger partial charge in [-0.15, -0.1) is 11.3 Å². The third-order valence-electron chi connectivity index (χ3n) is 9.40. The minimum atomic E-state index is 0.633. The molecule has 3 aromatic heterocycles. The van der Waals surface area contributed by atoms with E-state index < -0.39 is 0 Å². The first-order chi connectivity index (χ1) is 25.7. The lowest BCUT2D eigenvalue weighted by molar-refractivity contribution is 0.669. The first-order valence-electron chi connectivity index (χ1n) is 17.1. The van der Waals surface area contributed by atoms with Crippen LogP contribution in [0, 0.1) is 0 Å². The van der Waals surface area contributed by atoms with Crippen LogP contribution in [0.3, 0.4) is 0 Å².